The molecule has 0 amide bonds. The highest BCUT2D eigenvalue weighted by atomic mass is 19.4. The van der Waals surface area contributed by atoms with E-state index in [1.807, 2.05) is 0 Å². The Bertz CT molecular complexity index is 884. The Morgan fingerprint density at radius 3 is 2.16 bits per heavy atom. The van der Waals surface area contributed by atoms with Crippen molar-refractivity contribution in [2.24, 2.45) is 5.92 Å². The number of benzene rings is 2. The molecule has 1 aliphatic heterocycles. The number of aryl methyl sites for hydroxylation is 1. The SMILES string of the molecule is CCCCC1COC(CCc2ccc(-c3cc(F)c(OC(F)(F)F)c(F)c3)c(F)c2)OC1. The van der Waals surface area contributed by atoms with Crippen LogP contribution in [0.25, 0.3) is 11.1 Å². The van der Waals surface area contributed by atoms with E-state index in [9.17, 15) is 26.3 Å². The van der Waals surface area contributed by atoms with Crippen molar-refractivity contribution in [2.45, 2.75) is 51.7 Å². The van der Waals surface area contributed by atoms with Crippen LogP contribution >= 0.6 is 0 Å². The Labute approximate surface area is 182 Å². The van der Waals surface area contributed by atoms with Crippen LogP contribution < -0.4 is 4.74 Å². The van der Waals surface area contributed by atoms with Gasteiger partial charge in [0.05, 0.1) is 13.2 Å². The molecule has 0 bridgehead atoms. The number of unbranched alkanes of at least 4 members (excludes halogenated alkanes) is 1. The average Bonchev–Trinajstić information content (AvgIpc) is 2.73. The lowest BCUT2D eigenvalue weighted by Crippen LogP contribution is -2.32. The summed E-state index contributed by atoms with van der Waals surface area (Å²) in [6, 6.07) is 5.33. The molecule has 0 atom stereocenters. The summed E-state index contributed by atoms with van der Waals surface area (Å²) in [5.41, 5.74) is 0.245. The van der Waals surface area contributed by atoms with Crippen LogP contribution in [0, 0.1) is 23.4 Å². The van der Waals surface area contributed by atoms with Crippen molar-refractivity contribution in [1.82, 2.24) is 0 Å². The first-order chi connectivity index (χ1) is 15.2. The van der Waals surface area contributed by atoms with Crippen LogP contribution in [-0.4, -0.2) is 25.9 Å². The fraction of sp³-hybridized carbons (Fsp3) is 0.478. The predicted molar refractivity (Wildman–Crippen MR) is 105 cm³/mol. The van der Waals surface area contributed by atoms with Crippen LogP contribution in [0.3, 0.4) is 0 Å². The van der Waals surface area contributed by atoms with Crippen molar-refractivity contribution in [3.8, 4) is 16.9 Å². The van der Waals surface area contributed by atoms with Gasteiger partial charge in [0.25, 0.3) is 0 Å². The summed E-state index contributed by atoms with van der Waals surface area (Å²) in [7, 11) is 0. The highest BCUT2D eigenvalue weighted by molar-refractivity contribution is 5.65. The lowest BCUT2D eigenvalue weighted by atomic mass is 10.0. The summed E-state index contributed by atoms with van der Waals surface area (Å²) in [5.74, 6) is -5.11. The third kappa shape index (κ3) is 6.62. The smallest absolute Gasteiger partial charge is 0.399 e. The van der Waals surface area contributed by atoms with Gasteiger partial charge in [0.1, 0.15) is 5.82 Å². The van der Waals surface area contributed by atoms with E-state index in [-0.39, 0.29) is 17.4 Å². The molecule has 0 unspecified atom stereocenters. The van der Waals surface area contributed by atoms with Crippen molar-refractivity contribution in [3.63, 3.8) is 0 Å². The van der Waals surface area contributed by atoms with Crippen LogP contribution in [0.1, 0.15) is 38.2 Å². The molecule has 1 fully saturated rings. The van der Waals surface area contributed by atoms with Gasteiger partial charge in [0.15, 0.2) is 17.9 Å². The Morgan fingerprint density at radius 2 is 1.59 bits per heavy atom. The van der Waals surface area contributed by atoms with E-state index < -0.39 is 29.6 Å². The molecule has 0 aliphatic carbocycles. The van der Waals surface area contributed by atoms with Gasteiger partial charge in [0.2, 0.25) is 5.75 Å². The molecule has 9 heteroatoms. The van der Waals surface area contributed by atoms with Crippen LogP contribution in [0.15, 0.2) is 30.3 Å². The van der Waals surface area contributed by atoms with Gasteiger partial charge in [-0.3, -0.25) is 0 Å². The second-order valence-corrected chi connectivity index (χ2v) is 7.77. The van der Waals surface area contributed by atoms with E-state index in [2.05, 4.69) is 11.7 Å². The molecule has 1 heterocycles. The van der Waals surface area contributed by atoms with E-state index >= 15 is 0 Å². The van der Waals surface area contributed by atoms with E-state index in [4.69, 9.17) is 9.47 Å². The Hall–Kier alpha value is -2.26. The number of alkyl halides is 3. The van der Waals surface area contributed by atoms with Gasteiger partial charge in [-0.15, -0.1) is 13.2 Å². The van der Waals surface area contributed by atoms with Gasteiger partial charge in [-0.25, -0.2) is 13.2 Å². The molecule has 1 saturated heterocycles. The number of hydrogen-bond donors (Lipinski definition) is 0. The lowest BCUT2D eigenvalue weighted by Gasteiger charge is -2.29. The number of hydrogen-bond acceptors (Lipinski definition) is 3. The first-order valence-electron chi connectivity index (χ1n) is 10.4. The maximum Gasteiger partial charge on any atom is 0.573 e. The molecule has 0 saturated carbocycles. The number of rotatable bonds is 8. The minimum atomic E-state index is -5.25. The molecule has 1 aliphatic rings. The predicted octanol–water partition coefficient (Wildman–Crippen LogP) is 6.78. The number of ether oxygens (including phenoxy) is 3. The fourth-order valence-corrected chi connectivity index (χ4v) is 3.57. The van der Waals surface area contributed by atoms with Crippen LogP contribution in [-0.2, 0) is 15.9 Å². The van der Waals surface area contributed by atoms with Gasteiger partial charge < -0.3 is 14.2 Å². The van der Waals surface area contributed by atoms with Crippen LogP contribution in [0.2, 0.25) is 0 Å². The Balaban J connectivity index is 1.62. The van der Waals surface area contributed by atoms with Crippen LogP contribution in [0.5, 0.6) is 5.75 Å². The Morgan fingerprint density at radius 1 is 0.938 bits per heavy atom. The first-order valence-corrected chi connectivity index (χ1v) is 10.4. The highest BCUT2D eigenvalue weighted by Gasteiger charge is 2.34. The molecule has 2 aromatic carbocycles. The number of halogens is 6. The molecular weight excluding hydrogens is 438 g/mol. The molecular formula is C23H24F6O3. The van der Waals surface area contributed by atoms with Crippen molar-refractivity contribution in [2.75, 3.05) is 13.2 Å². The molecule has 0 spiro atoms. The average molecular weight is 462 g/mol. The van der Waals surface area contributed by atoms with E-state index in [1.165, 1.54) is 12.1 Å². The highest BCUT2D eigenvalue weighted by Crippen LogP contribution is 2.34. The third-order valence-corrected chi connectivity index (χ3v) is 5.23. The summed E-state index contributed by atoms with van der Waals surface area (Å²) in [6.07, 6.45) is -1.35. The topological polar surface area (TPSA) is 27.7 Å². The van der Waals surface area contributed by atoms with Gasteiger partial charge >= 0.3 is 6.36 Å². The van der Waals surface area contributed by atoms with Gasteiger partial charge in [-0.1, -0.05) is 31.9 Å². The third-order valence-electron chi connectivity index (χ3n) is 5.23. The van der Waals surface area contributed by atoms with E-state index in [1.54, 1.807) is 6.07 Å². The standard InChI is InChI=1S/C23H24F6O3/c1-2-3-4-15-12-30-21(31-13-15)8-6-14-5-7-17(18(24)9-14)16-10-19(25)22(20(26)11-16)32-23(27,28)29/h5,7,9-11,15,21H,2-4,6,8,12-13H2,1H3. The summed E-state index contributed by atoms with van der Waals surface area (Å²) in [4.78, 5) is 0. The van der Waals surface area contributed by atoms with Crippen molar-refractivity contribution >= 4 is 0 Å². The zero-order valence-electron chi connectivity index (χ0n) is 17.5. The van der Waals surface area contributed by atoms with Crippen LogP contribution in [0.4, 0.5) is 26.3 Å². The second kappa shape index (κ2) is 10.6. The van der Waals surface area contributed by atoms with Crippen molar-refractivity contribution in [3.05, 3.63) is 53.3 Å². The van der Waals surface area contributed by atoms with E-state index in [0.29, 0.717) is 49.7 Å². The van der Waals surface area contributed by atoms with Crippen molar-refractivity contribution < 1.29 is 40.6 Å². The summed E-state index contributed by atoms with van der Waals surface area (Å²) >= 11 is 0. The molecule has 2 aromatic rings. The molecule has 3 rings (SSSR count). The van der Waals surface area contributed by atoms with Crippen molar-refractivity contribution in [1.29, 1.82) is 0 Å². The molecule has 3 nitrogen and oxygen atoms in total. The largest absolute Gasteiger partial charge is 0.573 e. The molecule has 0 aromatic heterocycles. The maximum absolute atomic E-state index is 14.6. The molecule has 176 valence electrons. The Kier molecular flexibility index (Phi) is 8.05. The van der Waals surface area contributed by atoms with Gasteiger partial charge in [0, 0.05) is 17.9 Å². The molecule has 32 heavy (non-hydrogen) atoms. The zero-order valence-corrected chi connectivity index (χ0v) is 17.5. The zero-order chi connectivity index (χ0) is 23.3. The van der Waals surface area contributed by atoms with E-state index in [0.717, 1.165) is 19.3 Å². The minimum absolute atomic E-state index is 0.144. The quantitative estimate of drug-likeness (QED) is 0.405. The summed E-state index contributed by atoms with van der Waals surface area (Å²) in [5, 5.41) is 0. The maximum atomic E-state index is 14.6. The fourth-order valence-electron chi connectivity index (χ4n) is 3.57. The minimum Gasteiger partial charge on any atom is -0.399 e. The van der Waals surface area contributed by atoms with Gasteiger partial charge in [-0.2, -0.15) is 0 Å². The molecule has 0 N–H and O–H groups in total. The summed E-state index contributed by atoms with van der Waals surface area (Å²) in [6.45, 7) is 3.38. The monoisotopic (exact) mass is 462 g/mol. The molecule has 0 radical (unpaired) electrons. The normalized spacial score (nSPS) is 19.2. The summed E-state index contributed by atoms with van der Waals surface area (Å²) < 4.78 is 94.1. The second-order valence-electron chi connectivity index (χ2n) is 7.77. The lowest BCUT2D eigenvalue weighted by molar-refractivity contribution is -0.276. The first kappa shape index (κ1) is 24.4. The van der Waals surface area contributed by atoms with Gasteiger partial charge in [-0.05, 0) is 42.2 Å².